The van der Waals surface area contributed by atoms with E-state index in [-0.39, 0.29) is 10.6 Å². The number of hydrogen-bond acceptors (Lipinski definition) is 6. The van der Waals surface area contributed by atoms with Crippen molar-refractivity contribution in [2.45, 2.75) is 19.9 Å². The van der Waals surface area contributed by atoms with E-state index in [4.69, 9.17) is 0 Å². The first kappa shape index (κ1) is 14.8. The van der Waals surface area contributed by atoms with Crippen LogP contribution in [0.15, 0.2) is 24.5 Å². The van der Waals surface area contributed by atoms with Crippen LogP contribution in [0.3, 0.4) is 0 Å². The number of nitro benzene ring substituents is 1. The minimum atomic E-state index is -0.378. The van der Waals surface area contributed by atoms with Gasteiger partial charge in [0.2, 0.25) is 0 Å². The zero-order valence-corrected chi connectivity index (χ0v) is 12.0. The van der Waals surface area contributed by atoms with Gasteiger partial charge in [0.05, 0.1) is 11.5 Å². The number of nitro groups is 1. The molecule has 0 saturated carbocycles. The van der Waals surface area contributed by atoms with E-state index in [2.05, 4.69) is 20.8 Å². The fourth-order valence-corrected chi connectivity index (χ4v) is 1.93. The number of benzene rings is 1. The zero-order valence-electron chi connectivity index (χ0n) is 12.0. The van der Waals surface area contributed by atoms with Gasteiger partial charge in [0, 0.05) is 13.6 Å². The Labute approximate surface area is 122 Å². The largest absolute Gasteiger partial charge is 0.379 e. The molecular formula is C13H18N6O2. The number of nitrogens with zero attached hydrogens (tertiary/aromatic N) is 4. The van der Waals surface area contributed by atoms with Crippen molar-refractivity contribution in [2.75, 3.05) is 17.2 Å². The molecule has 0 radical (unpaired) electrons. The van der Waals surface area contributed by atoms with E-state index in [1.54, 1.807) is 29.1 Å². The van der Waals surface area contributed by atoms with Crippen LogP contribution in [0, 0.1) is 10.1 Å². The lowest BCUT2D eigenvalue weighted by Crippen LogP contribution is -2.09. The molecule has 1 aromatic heterocycles. The van der Waals surface area contributed by atoms with Gasteiger partial charge in [-0.1, -0.05) is 13.0 Å². The summed E-state index contributed by atoms with van der Waals surface area (Å²) < 4.78 is 1.76. The zero-order chi connectivity index (χ0) is 15.2. The second-order valence-electron chi connectivity index (χ2n) is 4.60. The highest BCUT2D eigenvalue weighted by molar-refractivity contribution is 5.76. The molecule has 8 nitrogen and oxygen atoms in total. The van der Waals surface area contributed by atoms with Crippen LogP contribution < -0.4 is 10.6 Å². The van der Waals surface area contributed by atoms with Crippen molar-refractivity contribution in [3.63, 3.8) is 0 Å². The van der Waals surface area contributed by atoms with Gasteiger partial charge in [-0.05, 0) is 18.6 Å². The lowest BCUT2D eigenvalue weighted by molar-refractivity contribution is -0.383. The average Bonchev–Trinajstić information content (AvgIpc) is 2.87. The Morgan fingerprint density at radius 2 is 2.05 bits per heavy atom. The summed E-state index contributed by atoms with van der Waals surface area (Å²) in [5, 5.41) is 25.2. The Morgan fingerprint density at radius 1 is 1.33 bits per heavy atom. The minimum Gasteiger partial charge on any atom is -0.379 e. The number of anilines is 2. The summed E-state index contributed by atoms with van der Waals surface area (Å²) >= 11 is 0. The Balaban J connectivity index is 2.21. The second kappa shape index (κ2) is 6.69. The van der Waals surface area contributed by atoms with E-state index in [0.29, 0.717) is 30.3 Å². The molecule has 1 aromatic carbocycles. The molecule has 0 aliphatic rings. The SMILES string of the molecule is CCCNc1cccc(NCc2nncn2C)c1[N+](=O)[O-]. The van der Waals surface area contributed by atoms with Gasteiger partial charge in [0.25, 0.3) is 0 Å². The quantitative estimate of drug-likeness (QED) is 0.599. The Bertz CT molecular complexity index is 625. The second-order valence-corrected chi connectivity index (χ2v) is 4.60. The molecule has 0 bridgehead atoms. The predicted molar refractivity (Wildman–Crippen MR) is 80.2 cm³/mol. The van der Waals surface area contributed by atoms with Crippen LogP contribution in [-0.2, 0) is 13.6 Å². The molecule has 0 saturated heterocycles. The molecule has 2 N–H and O–H groups in total. The molecule has 21 heavy (non-hydrogen) atoms. The van der Waals surface area contributed by atoms with E-state index in [1.807, 2.05) is 14.0 Å². The molecule has 0 aliphatic carbocycles. The molecule has 0 spiro atoms. The van der Waals surface area contributed by atoms with E-state index in [0.717, 1.165) is 6.42 Å². The third kappa shape index (κ3) is 3.47. The third-order valence-corrected chi connectivity index (χ3v) is 3.03. The predicted octanol–water partition coefficient (Wildman–Crippen LogP) is 2.16. The van der Waals surface area contributed by atoms with E-state index >= 15 is 0 Å². The molecule has 0 aliphatic heterocycles. The Morgan fingerprint density at radius 3 is 2.62 bits per heavy atom. The molecule has 0 unspecified atom stereocenters. The summed E-state index contributed by atoms with van der Waals surface area (Å²) in [5.74, 6) is 0.705. The summed E-state index contributed by atoms with van der Waals surface area (Å²) in [6.07, 6.45) is 2.48. The maximum absolute atomic E-state index is 11.3. The van der Waals surface area contributed by atoms with Gasteiger partial charge >= 0.3 is 5.69 Å². The smallest absolute Gasteiger partial charge is 0.315 e. The van der Waals surface area contributed by atoms with Crippen molar-refractivity contribution < 1.29 is 4.92 Å². The molecule has 8 heteroatoms. The fraction of sp³-hybridized carbons (Fsp3) is 0.385. The highest BCUT2D eigenvalue weighted by Gasteiger charge is 2.19. The van der Waals surface area contributed by atoms with Gasteiger partial charge in [-0.3, -0.25) is 10.1 Å². The fourth-order valence-electron chi connectivity index (χ4n) is 1.93. The first-order valence-electron chi connectivity index (χ1n) is 6.71. The van der Waals surface area contributed by atoms with Gasteiger partial charge < -0.3 is 15.2 Å². The summed E-state index contributed by atoms with van der Waals surface area (Å²) in [7, 11) is 1.82. The lowest BCUT2D eigenvalue weighted by atomic mass is 10.2. The Hall–Kier alpha value is -2.64. The number of aryl methyl sites for hydroxylation is 1. The van der Waals surface area contributed by atoms with E-state index < -0.39 is 0 Å². The van der Waals surface area contributed by atoms with Crippen molar-refractivity contribution in [3.8, 4) is 0 Å². The standard InChI is InChI=1S/C13H18N6O2/c1-3-7-14-10-5-4-6-11(13(10)19(20)21)15-8-12-17-16-9-18(12)2/h4-6,9,14-15H,3,7-8H2,1-2H3. The van der Waals surface area contributed by atoms with Gasteiger partial charge in [0.1, 0.15) is 17.7 Å². The van der Waals surface area contributed by atoms with Crippen LogP contribution in [0.5, 0.6) is 0 Å². The van der Waals surface area contributed by atoms with E-state index in [1.165, 1.54) is 0 Å². The maximum Gasteiger partial charge on any atom is 0.315 e. The third-order valence-electron chi connectivity index (χ3n) is 3.03. The number of para-hydroxylation sites is 1. The van der Waals surface area contributed by atoms with Crippen molar-refractivity contribution in [1.29, 1.82) is 0 Å². The van der Waals surface area contributed by atoms with Crippen LogP contribution in [0.4, 0.5) is 17.1 Å². The van der Waals surface area contributed by atoms with Gasteiger partial charge in [-0.15, -0.1) is 10.2 Å². The molecule has 112 valence electrons. The number of hydrogen-bond donors (Lipinski definition) is 2. The number of rotatable bonds is 7. The van der Waals surface area contributed by atoms with Crippen molar-refractivity contribution >= 4 is 17.1 Å². The van der Waals surface area contributed by atoms with Crippen molar-refractivity contribution in [1.82, 2.24) is 14.8 Å². The summed E-state index contributed by atoms with van der Waals surface area (Å²) in [5.41, 5.74) is 1.03. The van der Waals surface area contributed by atoms with Crippen molar-refractivity contribution in [3.05, 3.63) is 40.5 Å². The van der Waals surface area contributed by atoms with Crippen LogP contribution in [0.25, 0.3) is 0 Å². The summed E-state index contributed by atoms with van der Waals surface area (Å²) in [6, 6.07) is 5.18. The van der Waals surface area contributed by atoms with Crippen molar-refractivity contribution in [2.24, 2.45) is 7.05 Å². The molecule has 2 rings (SSSR count). The van der Waals surface area contributed by atoms with Gasteiger partial charge in [-0.2, -0.15) is 0 Å². The normalized spacial score (nSPS) is 10.4. The van der Waals surface area contributed by atoms with Crippen LogP contribution in [-0.4, -0.2) is 26.2 Å². The lowest BCUT2D eigenvalue weighted by Gasteiger charge is -2.11. The Kier molecular flexibility index (Phi) is 4.70. The monoisotopic (exact) mass is 290 g/mol. The summed E-state index contributed by atoms with van der Waals surface area (Å²) in [4.78, 5) is 10.9. The van der Waals surface area contributed by atoms with Gasteiger partial charge in [-0.25, -0.2) is 0 Å². The number of nitrogens with one attached hydrogen (secondary N) is 2. The summed E-state index contributed by atoms with van der Waals surface area (Å²) in [6.45, 7) is 3.07. The van der Waals surface area contributed by atoms with Crippen LogP contribution in [0.2, 0.25) is 0 Å². The molecule has 2 aromatic rings. The van der Waals surface area contributed by atoms with E-state index in [9.17, 15) is 10.1 Å². The highest BCUT2D eigenvalue weighted by atomic mass is 16.6. The van der Waals surface area contributed by atoms with Gasteiger partial charge in [0.15, 0.2) is 5.82 Å². The highest BCUT2D eigenvalue weighted by Crippen LogP contribution is 2.32. The molecule has 0 fully saturated rings. The molecule has 0 atom stereocenters. The maximum atomic E-state index is 11.3. The van der Waals surface area contributed by atoms with Crippen LogP contribution in [0.1, 0.15) is 19.2 Å². The molecule has 1 heterocycles. The van der Waals surface area contributed by atoms with Crippen LogP contribution >= 0.6 is 0 Å². The molecular weight excluding hydrogens is 272 g/mol. The minimum absolute atomic E-state index is 0.0492. The first-order chi connectivity index (χ1) is 10.1. The number of aromatic nitrogens is 3. The molecule has 0 amide bonds. The average molecular weight is 290 g/mol. The topological polar surface area (TPSA) is 97.9 Å². The first-order valence-corrected chi connectivity index (χ1v) is 6.71.